The van der Waals surface area contributed by atoms with Crippen LogP contribution in [0.2, 0.25) is 5.02 Å². The van der Waals surface area contributed by atoms with E-state index in [4.69, 9.17) is 17.3 Å². The molecule has 1 heterocycles. The predicted molar refractivity (Wildman–Crippen MR) is 78.0 cm³/mol. The molecule has 0 aliphatic heterocycles. The van der Waals surface area contributed by atoms with Crippen molar-refractivity contribution in [2.45, 2.75) is 17.2 Å². The largest absolute Gasteiger partial charge is 0.330 e. The van der Waals surface area contributed by atoms with Crippen molar-refractivity contribution >= 4 is 23.4 Å². The Labute approximate surface area is 117 Å². The minimum atomic E-state index is 0.653. The fourth-order valence-corrected chi connectivity index (χ4v) is 2.74. The van der Waals surface area contributed by atoms with Gasteiger partial charge in [0, 0.05) is 17.0 Å². The molecule has 0 unspecified atom stereocenters. The molecule has 18 heavy (non-hydrogen) atoms. The summed E-state index contributed by atoms with van der Waals surface area (Å²) >= 11 is 7.60. The Balaban J connectivity index is 2.03. The van der Waals surface area contributed by atoms with Crippen LogP contribution >= 0.6 is 23.4 Å². The molecule has 1 aromatic heterocycles. The summed E-state index contributed by atoms with van der Waals surface area (Å²) in [5, 5.41) is 1.84. The number of pyridine rings is 1. The molecular weight excluding hydrogens is 264 g/mol. The average Bonchev–Trinajstić information content (AvgIpc) is 2.40. The number of benzene rings is 1. The van der Waals surface area contributed by atoms with Crippen molar-refractivity contribution in [3.63, 3.8) is 0 Å². The maximum absolute atomic E-state index is 5.86. The number of rotatable bonds is 5. The third-order valence-electron chi connectivity index (χ3n) is 2.55. The first-order valence-electron chi connectivity index (χ1n) is 5.81. The van der Waals surface area contributed by atoms with Crippen molar-refractivity contribution in [2.24, 2.45) is 5.73 Å². The monoisotopic (exact) mass is 278 g/mol. The highest BCUT2D eigenvalue weighted by Crippen LogP contribution is 2.24. The summed E-state index contributed by atoms with van der Waals surface area (Å²) in [5.74, 6) is 0.895. The number of aromatic nitrogens is 1. The zero-order valence-corrected chi connectivity index (χ0v) is 11.5. The van der Waals surface area contributed by atoms with E-state index in [1.165, 1.54) is 11.1 Å². The van der Waals surface area contributed by atoms with Crippen molar-refractivity contribution in [2.75, 3.05) is 6.54 Å². The molecule has 94 valence electrons. The summed E-state index contributed by atoms with van der Waals surface area (Å²) in [7, 11) is 0. The molecule has 0 saturated heterocycles. The fraction of sp³-hybridized carbons (Fsp3) is 0.214. The maximum atomic E-state index is 5.86. The third-order valence-corrected chi connectivity index (χ3v) is 3.92. The van der Waals surface area contributed by atoms with E-state index in [9.17, 15) is 0 Å². The van der Waals surface area contributed by atoms with Gasteiger partial charge >= 0.3 is 0 Å². The van der Waals surface area contributed by atoms with E-state index in [-0.39, 0.29) is 0 Å². The van der Waals surface area contributed by atoms with Gasteiger partial charge in [0.1, 0.15) is 0 Å². The van der Waals surface area contributed by atoms with Gasteiger partial charge in [-0.15, -0.1) is 11.8 Å². The number of nitrogens with zero attached hydrogens (tertiary/aromatic N) is 1. The van der Waals surface area contributed by atoms with Crippen LogP contribution in [-0.4, -0.2) is 11.5 Å². The van der Waals surface area contributed by atoms with Crippen LogP contribution < -0.4 is 5.73 Å². The van der Waals surface area contributed by atoms with Crippen molar-refractivity contribution in [3.8, 4) is 0 Å². The highest BCUT2D eigenvalue weighted by atomic mass is 35.5. The van der Waals surface area contributed by atoms with E-state index >= 15 is 0 Å². The average molecular weight is 279 g/mol. The number of halogens is 1. The summed E-state index contributed by atoms with van der Waals surface area (Å²) in [6, 6.07) is 12.0. The maximum Gasteiger partial charge on any atom is 0.0995 e. The minimum Gasteiger partial charge on any atom is -0.330 e. The van der Waals surface area contributed by atoms with Gasteiger partial charge in [-0.1, -0.05) is 29.8 Å². The second-order valence-electron chi connectivity index (χ2n) is 3.92. The standard InChI is InChI=1S/C14H15ClN2S/c15-13-5-3-11(4-6-13)10-18-14-12(7-8-16)2-1-9-17-14/h1-6,9H,7-8,10,16H2. The van der Waals surface area contributed by atoms with Crippen LogP contribution in [0.4, 0.5) is 0 Å². The molecule has 0 radical (unpaired) electrons. The second-order valence-corrected chi connectivity index (χ2v) is 5.32. The van der Waals surface area contributed by atoms with Gasteiger partial charge in [0.2, 0.25) is 0 Å². The van der Waals surface area contributed by atoms with Gasteiger partial charge in [-0.2, -0.15) is 0 Å². The Morgan fingerprint density at radius 3 is 2.67 bits per heavy atom. The van der Waals surface area contributed by atoms with Gasteiger partial charge in [0.05, 0.1) is 5.03 Å². The first kappa shape index (κ1) is 13.4. The number of hydrogen-bond donors (Lipinski definition) is 1. The zero-order valence-electron chi connectivity index (χ0n) is 9.97. The molecule has 2 rings (SSSR count). The lowest BCUT2D eigenvalue weighted by atomic mass is 10.2. The molecule has 2 aromatic rings. The molecular formula is C14H15ClN2S. The van der Waals surface area contributed by atoms with E-state index in [1.54, 1.807) is 11.8 Å². The van der Waals surface area contributed by atoms with Crippen LogP contribution in [0.5, 0.6) is 0 Å². The molecule has 0 fully saturated rings. The lowest BCUT2D eigenvalue weighted by molar-refractivity contribution is 0.911. The second kappa shape index (κ2) is 6.78. The van der Waals surface area contributed by atoms with E-state index < -0.39 is 0 Å². The molecule has 0 atom stereocenters. The molecule has 2 N–H and O–H groups in total. The lowest BCUT2D eigenvalue weighted by Gasteiger charge is -2.07. The van der Waals surface area contributed by atoms with Gasteiger partial charge in [-0.25, -0.2) is 4.98 Å². The van der Waals surface area contributed by atoms with Crippen LogP contribution in [-0.2, 0) is 12.2 Å². The fourth-order valence-electron chi connectivity index (χ4n) is 1.63. The van der Waals surface area contributed by atoms with Crippen molar-refractivity contribution in [1.82, 2.24) is 4.98 Å². The van der Waals surface area contributed by atoms with Crippen LogP contribution in [0.25, 0.3) is 0 Å². The SMILES string of the molecule is NCCc1cccnc1SCc1ccc(Cl)cc1. The summed E-state index contributed by atoms with van der Waals surface area (Å²) in [6.45, 7) is 0.653. The topological polar surface area (TPSA) is 38.9 Å². The Kier molecular flexibility index (Phi) is 5.05. The Morgan fingerprint density at radius 1 is 1.17 bits per heavy atom. The molecule has 1 aromatic carbocycles. The van der Waals surface area contributed by atoms with Gasteiger partial charge in [0.25, 0.3) is 0 Å². The summed E-state index contributed by atoms with van der Waals surface area (Å²) in [4.78, 5) is 4.41. The first-order valence-corrected chi connectivity index (χ1v) is 7.17. The van der Waals surface area contributed by atoms with Crippen molar-refractivity contribution in [3.05, 3.63) is 58.7 Å². The quantitative estimate of drug-likeness (QED) is 0.851. The van der Waals surface area contributed by atoms with E-state index in [0.717, 1.165) is 22.2 Å². The number of nitrogens with two attached hydrogens (primary N) is 1. The summed E-state index contributed by atoms with van der Waals surface area (Å²) < 4.78 is 0. The minimum absolute atomic E-state index is 0.653. The molecule has 0 aliphatic rings. The molecule has 0 spiro atoms. The van der Waals surface area contributed by atoms with Crippen LogP contribution in [0.1, 0.15) is 11.1 Å². The van der Waals surface area contributed by atoms with Crippen molar-refractivity contribution < 1.29 is 0 Å². The zero-order chi connectivity index (χ0) is 12.8. The lowest BCUT2D eigenvalue weighted by Crippen LogP contribution is -2.04. The Morgan fingerprint density at radius 2 is 1.94 bits per heavy atom. The van der Waals surface area contributed by atoms with Gasteiger partial charge in [-0.3, -0.25) is 0 Å². The molecule has 0 saturated carbocycles. The van der Waals surface area contributed by atoms with E-state index in [2.05, 4.69) is 11.1 Å². The van der Waals surface area contributed by atoms with Crippen LogP contribution in [0.3, 0.4) is 0 Å². The molecule has 4 heteroatoms. The Hall–Kier alpha value is -1.03. The normalized spacial score (nSPS) is 10.6. The molecule has 0 amide bonds. The first-order chi connectivity index (χ1) is 8.79. The highest BCUT2D eigenvalue weighted by Gasteiger charge is 2.03. The third kappa shape index (κ3) is 3.73. The summed E-state index contributed by atoms with van der Waals surface area (Å²) in [5.41, 5.74) is 8.07. The number of hydrogen-bond acceptors (Lipinski definition) is 3. The van der Waals surface area contributed by atoms with Crippen LogP contribution in [0, 0.1) is 0 Å². The smallest absolute Gasteiger partial charge is 0.0995 e. The molecule has 2 nitrogen and oxygen atoms in total. The van der Waals surface area contributed by atoms with Gasteiger partial charge in [0.15, 0.2) is 0 Å². The highest BCUT2D eigenvalue weighted by molar-refractivity contribution is 7.98. The van der Waals surface area contributed by atoms with Gasteiger partial charge in [-0.05, 0) is 42.3 Å². The Bertz CT molecular complexity index is 499. The van der Waals surface area contributed by atoms with Gasteiger partial charge < -0.3 is 5.73 Å². The van der Waals surface area contributed by atoms with Crippen molar-refractivity contribution in [1.29, 1.82) is 0 Å². The van der Waals surface area contributed by atoms with E-state index in [0.29, 0.717) is 6.54 Å². The summed E-state index contributed by atoms with van der Waals surface area (Å²) in [6.07, 6.45) is 2.70. The molecule has 0 bridgehead atoms. The van der Waals surface area contributed by atoms with Crippen LogP contribution in [0.15, 0.2) is 47.6 Å². The number of thioether (sulfide) groups is 1. The van der Waals surface area contributed by atoms with E-state index in [1.807, 2.05) is 36.5 Å². The molecule has 0 aliphatic carbocycles. The predicted octanol–water partition coefficient (Wildman–Crippen LogP) is 3.53.